The lowest BCUT2D eigenvalue weighted by Gasteiger charge is -2.18. The third-order valence-electron chi connectivity index (χ3n) is 3.90. The van der Waals surface area contributed by atoms with E-state index in [9.17, 15) is 16.8 Å². The molecular formula is C15H24N6O4S3. The minimum atomic E-state index is -3.61. The first kappa shape index (κ1) is 22.6. The summed E-state index contributed by atoms with van der Waals surface area (Å²) < 4.78 is 50.0. The van der Waals surface area contributed by atoms with E-state index < -0.39 is 20.0 Å². The van der Waals surface area contributed by atoms with Crippen LogP contribution in [0.4, 0.5) is 0 Å². The van der Waals surface area contributed by atoms with Gasteiger partial charge in [-0.3, -0.25) is 0 Å². The van der Waals surface area contributed by atoms with Crippen LogP contribution in [-0.2, 0) is 20.0 Å². The molecule has 0 saturated carbocycles. The molecule has 13 heteroatoms. The number of thioether (sulfide) groups is 1. The van der Waals surface area contributed by atoms with Crippen molar-refractivity contribution in [2.24, 2.45) is 5.14 Å². The van der Waals surface area contributed by atoms with Gasteiger partial charge in [0.1, 0.15) is 0 Å². The van der Waals surface area contributed by atoms with Crippen LogP contribution in [0.5, 0.6) is 0 Å². The maximum atomic E-state index is 12.7. The maximum Gasteiger partial charge on any atom is 0.243 e. The van der Waals surface area contributed by atoms with Gasteiger partial charge in [0.15, 0.2) is 5.82 Å². The van der Waals surface area contributed by atoms with Gasteiger partial charge in [0.05, 0.1) is 10.6 Å². The lowest BCUT2D eigenvalue weighted by molar-refractivity contribution is 0.445. The fraction of sp³-hybridized carbons (Fsp3) is 0.467. The fourth-order valence-corrected chi connectivity index (χ4v) is 5.53. The normalized spacial score (nSPS) is 12.6. The number of nitrogens with zero attached hydrogens (tertiary/aromatic N) is 4. The Balaban J connectivity index is 2.22. The first-order valence-corrected chi connectivity index (χ1v) is 12.7. The van der Waals surface area contributed by atoms with Crippen LogP contribution in [-0.4, -0.2) is 60.6 Å². The molecule has 0 unspecified atom stereocenters. The highest BCUT2D eigenvalue weighted by molar-refractivity contribution is 7.99. The molecule has 0 aliphatic rings. The topological polar surface area (TPSA) is 154 Å². The van der Waals surface area contributed by atoms with Gasteiger partial charge in [-0.25, -0.2) is 26.7 Å². The third kappa shape index (κ3) is 5.44. The molecule has 0 amide bonds. The Morgan fingerprint density at radius 1 is 1.14 bits per heavy atom. The van der Waals surface area contributed by atoms with Gasteiger partial charge in [0.2, 0.25) is 25.2 Å². The highest BCUT2D eigenvalue weighted by Gasteiger charge is 2.23. The van der Waals surface area contributed by atoms with Crippen molar-refractivity contribution < 1.29 is 16.8 Å². The predicted octanol–water partition coefficient (Wildman–Crippen LogP) is 0.460. The summed E-state index contributed by atoms with van der Waals surface area (Å²) in [7, 11) is -7.11. The number of primary sulfonamides is 1. The Morgan fingerprint density at radius 3 is 2.43 bits per heavy atom. The van der Waals surface area contributed by atoms with Gasteiger partial charge in [-0.15, -0.1) is 10.2 Å². The Morgan fingerprint density at radius 2 is 1.82 bits per heavy atom. The Bertz CT molecular complexity index is 1020. The van der Waals surface area contributed by atoms with Crippen LogP contribution >= 0.6 is 11.8 Å². The second kappa shape index (κ2) is 9.22. The first-order valence-electron chi connectivity index (χ1n) is 8.54. The standard InChI is InChI=1S/C15H24N6O4S3/c1-3-20(4-2)28(24,25)13-8-5-7-12(11-13)14-18-19-15(21(14)16)26-9-6-10-27(17,22)23/h5,7-8,11H,3-4,6,9-10,16H2,1-2H3,(H2,17,22,23). The highest BCUT2D eigenvalue weighted by Crippen LogP contribution is 2.25. The maximum absolute atomic E-state index is 12.7. The van der Waals surface area contributed by atoms with E-state index >= 15 is 0 Å². The summed E-state index contributed by atoms with van der Waals surface area (Å²) in [5.41, 5.74) is 0.514. The summed E-state index contributed by atoms with van der Waals surface area (Å²) in [4.78, 5) is 0.152. The van der Waals surface area contributed by atoms with Crippen LogP contribution < -0.4 is 11.0 Å². The molecule has 1 aromatic carbocycles. The number of benzene rings is 1. The van der Waals surface area contributed by atoms with Gasteiger partial charge in [-0.05, 0) is 18.6 Å². The van der Waals surface area contributed by atoms with E-state index in [1.165, 1.54) is 32.9 Å². The number of rotatable bonds is 10. The van der Waals surface area contributed by atoms with Crippen LogP contribution in [0.2, 0.25) is 0 Å². The SMILES string of the molecule is CCN(CC)S(=O)(=O)c1cccc(-c2nnc(SCCCS(N)(=O)=O)n2N)c1. The van der Waals surface area contributed by atoms with Crippen molar-refractivity contribution in [2.75, 3.05) is 30.4 Å². The number of nitrogens with two attached hydrogens (primary N) is 2. The van der Waals surface area contributed by atoms with E-state index in [1.54, 1.807) is 26.0 Å². The number of aromatic nitrogens is 3. The number of nitrogen functional groups attached to an aromatic ring is 1. The van der Waals surface area contributed by atoms with Crippen molar-refractivity contribution in [1.29, 1.82) is 0 Å². The molecule has 4 N–H and O–H groups in total. The smallest absolute Gasteiger partial charge is 0.243 e. The zero-order valence-corrected chi connectivity index (χ0v) is 18.1. The van der Waals surface area contributed by atoms with E-state index in [2.05, 4.69) is 10.2 Å². The first-order chi connectivity index (χ1) is 13.1. The van der Waals surface area contributed by atoms with E-state index in [-0.39, 0.29) is 10.6 Å². The zero-order valence-electron chi connectivity index (χ0n) is 15.6. The molecule has 0 bridgehead atoms. The average molecular weight is 449 g/mol. The van der Waals surface area contributed by atoms with E-state index in [0.717, 1.165) is 0 Å². The molecule has 0 spiro atoms. The monoisotopic (exact) mass is 448 g/mol. The number of hydrogen-bond acceptors (Lipinski definition) is 8. The van der Waals surface area contributed by atoms with Crippen molar-refractivity contribution in [1.82, 2.24) is 19.2 Å². The van der Waals surface area contributed by atoms with Gasteiger partial charge in [-0.2, -0.15) is 4.31 Å². The molecule has 0 fully saturated rings. The molecule has 2 aromatic rings. The molecule has 0 radical (unpaired) electrons. The molecule has 2 rings (SSSR count). The molecule has 0 aliphatic carbocycles. The van der Waals surface area contributed by atoms with Crippen molar-refractivity contribution in [2.45, 2.75) is 30.3 Å². The summed E-state index contributed by atoms with van der Waals surface area (Å²) >= 11 is 1.24. The molecular weight excluding hydrogens is 424 g/mol. The van der Waals surface area contributed by atoms with E-state index in [1.807, 2.05) is 0 Å². The zero-order chi connectivity index (χ0) is 20.9. The molecule has 0 saturated heterocycles. The molecule has 28 heavy (non-hydrogen) atoms. The second-order valence-electron chi connectivity index (χ2n) is 5.86. The quantitative estimate of drug-likeness (QED) is 0.302. The van der Waals surface area contributed by atoms with Crippen molar-refractivity contribution in [3.05, 3.63) is 24.3 Å². The van der Waals surface area contributed by atoms with E-state index in [4.69, 9.17) is 11.0 Å². The van der Waals surface area contributed by atoms with Crippen molar-refractivity contribution >= 4 is 31.8 Å². The van der Waals surface area contributed by atoms with Gasteiger partial charge < -0.3 is 5.84 Å². The molecule has 1 aromatic heterocycles. The van der Waals surface area contributed by atoms with Crippen molar-refractivity contribution in [3.8, 4) is 11.4 Å². The molecule has 156 valence electrons. The summed E-state index contributed by atoms with van der Waals surface area (Å²) in [6.45, 7) is 4.30. The van der Waals surface area contributed by atoms with E-state index in [0.29, 0.717) is 41.8 Å². The molecule has 0 aliphatic heterocycles. The van der Waals surface area contributed by atoms with Crippen molar-refractivity contribution in [3.63, 3.8) is 0 Å². The van der Waals surface area contributed by atoms with Crippen LogP contribution in [0.25, 0.3) is 11.4 Å². The van der Waals surface area contributed by atoms with Gasteiger partial charge in [0, 0.05) is 24.4 Å². The molecule has 10 nitrogen and oxygen atoms in total. The Kier molecular flexibility index (Phi) is 7.45. The number of sulfonamides is 2. The third-order valence-corrected chi connectivity index (χ3v) is 7.84. The van der Waals surface area contributed by atoms with Gasteiger partial charge in [0.25, 0.3) is 0 Å². The van der Waals surface area contributed by atoms with Crippen LogP contribution in [0.1, 0.15) is 20.3 Å². The molecule has 0 atom stereocenters. The highest BCUT2D eigenvalue weighted by atomic mass is 32.2. The fourth-order valence-electron chi connectivity index (χ4n) is 2.50. The average Bonchev–Trinajstić information content (AvgIpc) is 2.99. The summed E-state index contributed by atoms with van der Waals surface area (Å²) in [6, 6.07) is 6.36. The Labute approximate surface area is 169 Å². The summed E-state index contributed by atoms with van der Waals surface area (Å²) in [6.07, 6.45) is 0.350. The Hall–Kier alpha value is -1.67. The lowest BCUT2D eigenvalue weighted by Crippen LogP contribution is -2.30. The number of hydrogen-bond donors (Lipinski definition) is 2. The predicted molar refractivity (Wildman–Crippen MR) is 109 cm³/mol. The largest absolute Gasteiger partial charge is 0.335 e. The van der Waals surface area contributed by atoms with Gasteiger partial charge in [-0.1, -0.05) is 37.7 Å². The minimum absolute atomic E-state index is 0.128. The summed E-state index contributed by atoms with van der Waals surface area (Å²) in [5, 5.41) is 13.4. The minimum Gasteiger partial charge on any atom is -0.335 e. The van der Waals surface area contributed by atoms with Crippen LogP contribution in [0.3, 0.4) is 0 Å². The lowest BCUT2D eigenvalue weighted by atomic mass is 10.2. The molecule has 1 heterocycles. The van der Waals surface area contributed by atoms with Crippen LogP contribution in [0, 0.1) is 0 Å². The van der Waals surface area contributed by atoms with Crippen LogP contribution in [0.15, 0.2) is 34.3 Å². The summed E-state index contributed by atoms with van der Waals surface area (Å²) in [5.74, 6) is 6.67. The second-order valence-corrected chi connectivity index (χ2v) is 10.6. The van der Waals surface area contributed by atoms with Gasteiger partial charge >= 0.3 is 0 Å².